The van der Waals surface area contributed by atoms with Gasteiger partial charge in [0.2, 0.25) is 0 Å². The average molecular weight is 256 g/mol. The normalized spacial score (nSPS) is 32.3. The van der Waals surface area contributed by atoms with Crippen LogP contribution in [-0.2, 0) is 9.47 Å². The molecule has 1 N–H and O–H groups in total. The van der Waals surface area contributed by atoms with Crippen molar-refractivity contribution < 1.29 is 9.47 Å². The van der Waals surface area contributed by atoms with Gasteiger partial charge in [0, 0.05) is 45.4 Å². The van der Waals surface area contributed by atoms with Crippen molar-refractivity contribution in [2.45, 2.75) is 51.4 Å². The molecule has 4 nitrogen and oxygen atoms in total. The van der Waals surface area contributed by atoms with E-state index in [0.29, 0.717) is 18.2 Å². The van der Waals surface area contributed by atoms with Crippen LogP contribution in [-0.4, -0.2) is 62.5 Å². The first-order chi connectivity index (χ1) is 8.75. The van der Waals surface area contributed by atoms with Crippen LogP contribution in [0.2, 0.25) is 0 Å². The summed E-state index contributed by atoms with van der Waals surface area (Å²) in [5.74, 6) is 0. The van der Waals surface area contributed by atoms with Crippen LogP contribution >= 0.6 is 0 Å². The summed E-state index contributed by atoms with van der Waals surface area (Å²) < 4.78 is 11.3. The van der Waals surface area contributed by atoms with E-state index in [0.717, 1.165) is 45.8 Å². The van der Waals surface area contributed by atoms with E-state index >= 15 is 0 Å². The molecule has 2 fully saturated rings. The quantitative estimate of drug-likeness (QED) is 0.803. The summed E-state index contributed by atoms with van der Waals surface area (Å²) in [6, 6.07) is 0.579. The molecule has 0 saturated carbocycles. The Kier molecular flexibility index (Phi) is 5.89. The van der Waals surface area contributed by atoms with Gasteiger partial charge in [-0.25, -0.2) is 0 Å². The number of hydrogen-bond donors (Lipinski definition) is 1. The van der Waals surface area contributed by atoms with Gasteiger partial charge >= 0.3 is 0 Å². The Morgan fingerprint density at radius 2 is 2.11 bits per heavy atom. The Morgan fingerprint density at radius 1 is 1.28 bits per heavy atom. The fourth-order valence-electron chi connectivity index (χ4n) is 2.81. The molecule has 0 aromatic heterocycles. The first-order valence-electron chi connectivity index (χ1n) is 7.43. The van der Waals surface area contributed by atoms with Crippen molar-refractivity contribution in [3.8, 4) is 0 Å². The van der Waals surface area contributed by atoms with Crippen LogP contribution in [0.3, 0.4) is 0 Å². The lowest BCUT2D eigenvalue weighted by Crippen LogP contribution is -2.44. The summed E-state index contributed by atoms with van der Waals surface area (Å²) in [5.41, 5.74) is 0. The summed E-state index contributed by atoms with van der Waals surface area (Å²) in [7, 11) is 0. The van der Waals surface area contributed by atoms with Gasteiger partial charge in [-0.1, -0.05) is 0 Å². The predicted molar refractivity (Wildman–Crippen MR) is 72.9 cm³/mol. The van der Waals surface area contributed by atoms with E-state index < -0.39 is 0 Å². The number of nitrogens with one attached hydrogen (secondary N) is 1. The fourth-order valence-corrected chi connectivity index (χ4v) is 2.81. The molecule has 0 aliphatic carbocycles. The van der Waals surface area contributed by atoms with Gasteiger partial charge in [-0.2, -0.15) is 0 Å². The van der Waals surface area contributed by atoms with E-state index in [1.165, 1.54) is 12.8 Å². The van der Waals surface area contributed by atoms with Crippen LogP contribution in [0, 0.1) is 0 Å². The monoisotopic (exact) mass is 256 g/mol. The lowest BCUT2D eigenvalue weighted by atomic mass is 10.2. The van der Waals surface area contributed by atoms with Crippen LogP contribution in [0.15, 0.2) is 0 Å². The number of ether oxygens (including phenoxy) is 2. The molecule has 2 rings (SSSR count). The van der Waals surface area contributed by atoms with E-state index in [4.69, 9.17) is 9.47 Å². The maximum Gasteiger partial charge on any atom is 0.0700 e. The smallest absolute Gasteiger partial charge is 0.0700 e. The summed E-state index contributed by atoms with van der Waals surface area (Å²) in [4.78, 5) is 2.54. The highest BCUT2D eigenvalue weighted by molar-refractivity contribution is 4.76. The fraction of sp³-hybridized carbons (Fsp3) is 1.00. The Balaban J connectivity index is 1.64. The molecule has 0 radical (unpaired) electrons. The largest absolute Gasteiger partial charge is 0.377 e. The second-order valence-corrected chi connectivity index (χ2v) is 5.67. The van der Waals surface area contributed by atoms with Crippen molar-refractivity contribution in [1.29, 1.82) is 0 Å². The minimum absolute atomic E-state index is 0.369. The molecule has 18 heavy (non-hydrogen) atoms. The van der Waals surface area contributed by atoms with Gasteiger partial charge in [0.1, 0.15) is 0 Å². The minimum atomic E-state index is 0.369. The molecular weight excluding hydrogens is 228 g/mol. The molecule has 3 atom stereocenters. The van der Waals surface area contributed by atoms with Crippen LogP contribution in [0.25, 0.3) is 0 Å². The Morgan fingerprint density at radius 3 is 2.89 bits per heavy atom. The van der Waals surface area contributed by atoms with Crippen LogP contribution in [0.4, 0.5) is 0 Å². The van der Waals surface area contributed by atoms with Crippen molar-refractivity contribution in [3.63, 3.8) is 0 Å². The van der Waals surface area contributed by atoms with Gasteiger partial charge in [-0.3, -0.25) is 4.90 Å². The van der Waals surface area contributed by atoms with E-state index in [1.807, 2.05) is 0 Å². The molecule has 0 bridgehead atoms. The molecule has 106 valence electrons. The van der Waals surface area contributed by atoms with Crippen LogP contribution < -0.4 is 5.32 Å². The number of nitrogens with zero attached hydrogens (tertiary/aromatic N) is 1. The van der Waals surface area contributed by atoms with E-state index in [9.17, 15) is 0 Å². The van der Waals surface area contributed by atoms with Gasteiger partial charge in [0.15, 0.2) is 0 Å². The molecular formula is C14H28N2O2. The first-order valence-corrected chi connectivity index (χ1v) is 7.43. The Bertz CT molecular complexity index is 232. The third-order valence-corrected chi connectivity index (χ3v) is 3.94. The van der Waals surface area contributed by atoms with E-state index in [2.05, 4.69) is 24.1 Å². The Labute approximate surface area is 111 Å². The van der Waals surface area contributed by atoms with Crippen molar-refractivity contribution in [2.75, 3.05) is 39.4 Å². The molecule has 0 spiro atoms. The second kappa shape index (κ2) is 7.43. The lowest BCUT2D eigenvalue weighted by molar-refractivity contribution is 0.0612. The third kappa shape index (κ3) is 4.50. The third-order valence-electron chi connectivity index (χ3n) is 3.94. The predicted octanol–water partition coefficient (Wildman–Crippen LogP) is 1.25. The van der Waals surface area contributed by atoms with Gasteiger partial charge < -0.3 is 14.8 Å². The van der Waals surface area contributed by atoms with Gasteiger partial charge in [-0.05, 0) is 33.1 Å². The zero-order chi connectivity index (χ0) is 12.8. The SMILES string of the molecule is CC1CN(C(C)CNCC2CCCO2)CCCO1. The van der Waals surface area contributed by atoms with Gasteiger partial charge in [0.05, 0.1) is 12.2 Å². The van der Waals surface area contributed by atoms with Gasteiger partial charge in [0.25, 0.3) is 0 Å². The molecule has 0 aromatic rings. The zero-order valence-electron chi connectivity index (χ0n) is 11.9. The molecule has 2 aliphatic heterocycles. The van der Waals surface area contributed by atoms with Gasteiger partial charge in [-0.15, -0.1) is 0 Å². The summed E-state index contributed by atoms with van der Waals surface area (Å²) in [5, 5.41) is 3.55. The topological polar surface area (TPSA) is 33.7 Å². The zero-order valence-corrected chi connectivity index (χ0v) is 11.9. The Hall–Kier alpha value is -0.160. The minimum Gasteiger partial charge on any atom is -0.377 e. The molecule has 2 aliphatic rings. The van der Waals surface area contributed by atoms with Crippen LogP contribution in [0.1, 0.15) is 33.1 Å². The number of hydrogen-bond acceptors (Lipinski definition) is 4. The molecule has 0 amide bonds. The molecule has 0 aromatic carbocycles. The van der Waals surface area contributed by atoms with Crippen molar-refractivity contribution in [1.82, 2.24) is 10.2 Å². The molecule has 3 unspecified atom stereocenters. The standard InChI is InChI=1S/C14H28N2O2/c1-12(9-15-10-14-5-3-7-18-14)16-6-4-8-17-13(2)11-16/h12-15H,3-11H2,1-2H3. The molecule has 4 heteroatoms. The lowest BCUT2D eigenvalue weighted by Gasteiger charge is -2.29. The highest BCUT2D eigenvalue weighted by atomic mass is 16.5. The highest BCUT2D eigenvalue weighted by Gasteiger charge is 2.20. The van der Waals surface area contributed by atoms with E-state index in [-0.39, 0.29) is 0 Å². The average Bonchev–Trinajstić information content (AvgIpc) is 2.77. The van der Waals surface area contributed by atoms with Crippen molar-refractivity contribution in [3.05, 3.63) is 0 Å². The maximum absolute atomic E-state index is 5.69. The molecule has 2 heterocycles. The van der Waals surface area contributed by atoms with Crippen molar-refractivity contribution >= 4 is 0 Å². The maximum atomic E-state index is 5.69. The summed E-state index contributed by atoms with van der Waals surface area (Å²) >= 11 is 0. The van der Waals surface area contributed by atoms with E-state index in [1.54, 1.807) is 0 Å². The summed E-state index contributed by atoms with van der Waals surface area (Å²) in [6.07, 6.45) is 4.41. The second-order valence-electron chi connectivity index (χ2n) is 5.67. The van der Waals surface area contributed by atoms with Crippen LogP contribution in [0.5, 0.6) is 0 Å². The summed E-state index contributed by atoms with van der Waals surface area (Å²) in [6.45, 7) is 10.6. The van der Waals surface area contributed by atoms with Crippen molar-refractivity contribution in [2.24, 2.45) is 0 Å². The highest BCUT2D eigenvalue weighted by Crippen LogP contribution is 2.11. The number of rotatable bonds is 5. The first kappa shape index (κ1) is 14.3. The molecule has 2 saturated heterocycles.